The molecule has 0 aromatic heterocycles. The van der Waals surface area contributed by atoms with Gasteiger partial charge >= 0.3 is 11.9 Å². The molecule has 0 saturated heterocycles. The molecule has 0 aromatic carbocycles. The second-order valence-corrected chi connectivity index (χ2v) is 6.60. The van der Waals surface area contributed by atoms with Crippen LogP contribution in [0.4, 0.5) is 0 Å². The number of ether oxygens (including phenoxy) is 1. The lowest BCUT2D eigenvalue weighted by Gasteiger charge is -2.33. The zero-order valence-corrected chi connectivity index (χ0v) is 14.3. The maximum absolute atomic E-state index is 11.5. The first-order chi connectivity index (χ1) is 9.97. The van der Waals surface area contributed by atoms with Crippen LogP contribution in [-0.4, -0.2) is 34.4 Å². The lowest BCUT2D eigenvalue weighted by atomic mass is 9.94. The maximum Gasteiger partial charge on any atom is 0.331 e. The van der Waals surface area contributed by atoms with Crippen molar-refractivity contribution in [2.24, 2.45) is 0 Å². The summed E-state index contributed by atoms with van der Waals surface area (Å²) >= 11 is 0. The largest absolute Gasteiger partial charge is 0.478 e. The van der Waals surface area contributed by atoms with Gasteiger partial charge in [-0.05, 0) is 41.0 Å². The Bertz CT molecular complexity index is 396. The second-order valence-electron chi connectivity index (χ2n) is 6.60. The Kier molecular flexibility index (Phi) is 8.34. The van der Waals surface area contributed by atoms with Gasteiger partial charge in [0, 0.05) is 18.6 Å². The Morgan fingerprint density at radius 2 is 1.73 bits per heavy atom. The van der Waals surface area contributed by atoms with Crippen molar-refractivity contribution >= 4 is 11.9 Å². The molecule has 0 radical (unpaired) electrons. The molecule has 0 saturated carbocycles. The number of esters is 1. The Morgan fingerprint density at radius 3 is 2.18 bits per heavy atom. The Labute approximate surface area is 132 Å². The molecule has 22 heavy (non-hydrogen) atoms. The summed E-state index contributed by atoms with van der Waals surface area (Å²) in [7, 11) is 0. The molecule has 6 heteroatoms. The summed E-state index contributed by atoms with van der Waals surface area (Å²) in [6.07, 6.45) is 3.30. The van der Waals surface area contributed by atoms with Crippen molar-refractivity contribution in [3.05, 3.63) is 12.2 Å². The van der Waals surface area contributed by atoms with Gasteiger partial charge in [-0.15, -0.1) is 0 Å². The van der Waals surface area contributed by atoms with Gasteiger partial charge in [-0.3, -0.25) is 0 Å². The highest BCUT2D eigenvalue weighted by Crippen LogP contribution is 2.27. The van der Waals surface area contributed by atoms with Gasteiger partial charge in [-0.1, -0.05) is 13.3 Å². The Morgan fingerprint density at radius 1 is 1.14 bits per heavy atom. The molecular formula is C16H28O6. The molecule has 128 valence electrons. The predicted octanol–water partition coefficient (Wildman–Crippen LogP) is 3.25. The van der Waals surface area contributed by atoms with Gasteiger partial charge in [-0.25, -0.2) is 19.4 Å². The minimum Gasteiger partial charge on any atom is -0.478 e. The molecule has 2 atom stereocenters. The normalized spacial score (nSPS) is 16.3. The van der Waals surface area contributed by atoms with E-state index in [1.54, 1.807) is 6.92 Å². The smallest absolute Gasteiger partial charge is 0.331 e. The zero-order valence-electron chi connectivity index (χ0n) is 14.3. The van der Waals surface area contributed by atoms with E-state index in [1.807, 2.05) is 34.6 Å². The predicted molar refractivity (Wildman–Crippen MR) is 82.2 cm³/mol. The van der Waals surface area contributed by atoms with E-state index in [0.717, 1.165) is 25.0 Å². The van der Waals surface area contributed by atoms with Crippen molar-refractivity contribution in [1.82, 2.24) is 0 Å². The second kappa shape index (κ2) is 8.90. The molecule has 0 aliphatic heterocycles. The fourth-order valence-corrected chi connectivity index (χ4v) is 1.96. The lowest BCUT2D eigenvalue weighted by Crippen LogP contribution is -2.37. The molecule has 0 fully saturated rings. The van der Waals surface area contributed by atoms with Crippen molar-refractivity contribution in [3.63, 3.8) is 0 Å². The van der Waals surface area contributed by atoms with Gasteiger partial charge in [0.2, 0.25) is 0 Å². The van der Waals surface area contributed by atoms with E-state index < -0.39 is 29.2 Å². The molecule has 0 heterocycles. The highest BCUT2D eigenvalue weighted by molar-refractivity contribution is 5.90. The highest BCUT2D eigenvalue weighted by Gasteiger charge is 2.31. The van der Waals surface area contributed by atoms with E-state index in [1.165, 1.54) is 0 Å². The van der Waals surface area contributed by atoms with Gasteiger partial charge < -0.3 is 9.84 Å². The first-order valence-corrected chi connectivity index (χ1v) is 7.46. The highest BCUT2D eigenvalue weighted by atomic mass is 17.2. The SMILES string of the molecule is CCCC(C)(CC(C)OC(=O)/C=C/C(=O)O)OOC(C)(C)C. The van der Waals surface area contributed by atoms with Crippen LogP contribution in [0, 0.1) is 0 Å². The third kappa shape index (κ3) is 10.3. The number of carbonyl (C=O) groups is 2. The van der Waals surface area contributed by atoms with Crippen molar-refractivity contribution in [2.75, 3.05) is 0 Å². The molecule has 0 aliphatic rings. The summed E-state index contributed by atoms with van der Waals surface area (Å²) in [5.74, 6) is -1.88. The van der Waals surface area contributed by atoms with Crippen LogP contribution in [0.2, 0.25) is 0 Å². The molecule has 6 nitrogen and oxygen atoms in total. The topological polar surface area (TPSA) is 82.1 Å². The minimum absolute atomic E-state index is 0.425. The van der Waals surface area contributed by atoms with Gasteiger partial charge in [0.25, 0.3) is 0 Å². The van der Waals surface area contributed by atoms with E-state index in [-0.39, 0.29) is 0 Å². The van der Waals surface area contributed by atoms with E-state index in [9.17, 15) is 9.59 Å². The lowest BCUT2D eigenvalue weighted by molar-refractivity contribution is -0.404. The first-order valence-electron chi connectivity index (χ1n) is 7.46. The average molecular weight is 316 g/mol. The van der Waals surface area contributed by atoms with Gasteiger partial charge in [0.1, 0.15) is 11.7 Å². The summed E-state index contributed by atoms with van der Waals surface area (Å²) in [4.78, 5) is 32.8. The van der Waals surface area contributed by atoms with E-state index in [4.69, 9.17) is 19.6 Å². The number of aliphatic carboxylic acids is 1. The number of hydrogen-bond acceptors (Lipinski definition) is 5. The molecular weight excluding hydrogens is 288 g/mol. The van der Waals surface area contributed by atoms with Crippen LogP contribution < -0.4 is 0 Å². The zero-order chi connectivity index (χ0) is 17.4. The van der Waals surface area contributed by atoms with Crippen molar-refractivity contribution < 1.29 is 29.2 Å². The third-order valence-corrected chi connectivity index (χ3v) is 2.67. The molecule has 2 unspecified atom stereocenters. The van der Waals surface area contributed by atoms with Crippen molar-refractivity contribution in [2.45, 2.75) is 78.1 Å². The maximum atomic E-state index is 11.5. The minimum atomic E-state index is -1.19. The molecule has 0 rings (SSSR count). The van der Waals surface area contributed by atoms with Crippen molar-refractivity contribution in [3.8, 4) is 0 Å². The van der Waals surface area contributed by atoms with E-state index in [0.29, 0.717) is 6.42 Å². The fourth-order valence-electron chi connectivity index (χ4n) is 1.96. The first kappa shape index (κ1) is 20.6. The molecule has 0 aromatic rings. The Hall–Kier alpha value is -1.40. The van der Waals surface area contributed by atoms with Gasteiger partial charge in [0.05, 0.1) is 5.60 Å². The number of carboxylic acid groups (broad SMARTS) is 1. The van der Waals surface area contributed by atoms with E-state index >= 15 is 0 Å². The molecule has 0 spiro atoms. The summed E-state index contributed by atoms with van der Waals surface area (Å²) in [6.45, 7) is 11.3. The van der Waals surface area contributed by atoms with Gasteiger partial charge in [-0.2, -0.15) is 0 Å². The third-order valence-electron chi connectivity index (χ3n) is 2.67. The summed E-state index contributed by atoms with van der Waals surface area (Å²) in [5, 5.41) is 8.47. The number of carboxylic acids is 1. The van der Waals surface area contributed by atoms with Crippen LogP contribution in [0.3, 0.4) is 0 Å². The van der Waals surface area contributed by atoms with Crippen LogP contribution in [0.15, 0.2) is 12.2 Å². The Balaban J connectivity index is 4.59. The quantitative estimate of drug-likeness (QED) is 0.304. The fraction of sp³-hybridized carbons (Fsp3) is 0.750. The van der Waals surface area contributed by atoms with Crippen LogP contribution in [0.1, 0.15) is 60.8 Å². The summed E-state index contributed by atoms with van der Waals surface area (Å²) < 4.78 is 5.15. The summed E-state index contributed by atoms with van der Waals surface area (Å²) in [6, 6.07) is 0. The standard InChI is InChI=1S/C16H28O6/c1-7-10-16(6,22-21-15(3,4)5)11-12(2)20-14(19)9-8-13(17)18/h8-9,12H,7,10-11H2,1-6H3,(H,17,18)/b9-8+. The van der Waals surface area contributed by atoms with E-state index in [2.05, 4.69) is 0 Å². The van der Waals surface area contributed by atoms with Crippen LogP contribution in [0.5, 0.6) is 0 Å². The van der Waals surface area contributed by atoms with Gasteiger partial charge in [0.15, 0.2) is 0 Å². The van der Waals surface area contributed by atoms with Crippen LogP contribution in [0.25, 0.3) is 0 Å². The summed E-state index contributed by atoms with van der Waals surface area (Å²) in [5.41, 5.74) is -1.02. The average Bonchev–Trinajstić information content (AvgIpc) is 2.33. The number of rotatable bonds is 9. The molecule has 0 amide bonds. The number of carbonyl (C=O) groups excluding carboxylic acids is 1. The molecule has 0 aliphatic carbocycles. The number of hydrogen-bond donors (Lipinski definition) is 1. The van der Waals surface area contributed by atoms with Crippen molar-refractivity contribution in [1.29, 1.82) is 0 Å². The monoisotopic (exact) mass is 316 g/mol. The molecule has 0 bridgehead atoms. The van der Waals surface area contributed by atoms with Crippen LogP contribution in [-0.2, 0) is 24.1 Å². The van der Waals surface area contributed by atoms with Crippen LogP contribution >= 0.6 is 0 Å². The molecule has 1 N–H and O–H groups in total.